The molecule has 0 aliphatic carbocycles. The van der Waals surface area contributed by atoms with Crippen molar-refractivity contribution in [3.63, 3.8) is 0 Å². The minimum absolute atomic E-state index is 0.0331. The summed E-state index contributed by atoms with van der Waals surface area (Å²) >= 11 is 12.7. The van der Waals surface area contributed by atoms with Crippen LogP contribution in [0.1, 0.15) is 25.0 Å². The largest absolute Gasteiger partial charge is 0.495 e. The molecule has 0 N–H and O–H groups in total. The van der Waals surface area contributed by atoms with Gasteiger partial charge in [0.15, 0.2) is 5.82 Å². The first-order valence-electron chi connectivity index (χ1n) is 11.0. The lowest BCUT2D eigenvalue weighted by Crippen LogP contribution is -2.49. The number of carbonyl (C=O) groups is 1. The average Bonchev–Trinajstić information content (AvgIpc) is 3.14. The van der Waals surface area contributed by atoms with Gasteiger partial charge < -0.3 is 19.4 Å². The fourth-order valence-electron chi connectivity index (χ4n) is 4.35. The number of benzene rings is 1. The lowest BCUT2D eigenvalue weighted by molar-refractivity contribution is -0.132. The van der Waals surface area contributed by atoms with Crippen LogP contribution in [-0.2, 0) is 11.3 Å². The van der Waals surface area contributed by atoms with Crippen molar-refractivity contribution in [2.75, 3.05) is 56.2 Å². The number of piperazine rings is 1. The third-order valence-electron chi connectivity index (χ3n) is 6.18. The van der Waals surface area contributed by atoms with Crippen LogP contribution in [0.3, 0.4) is 0 Å². The molecule has 0 spiro atoms. The number of hydrogen-bond donors (Lipinski definition) is 0. The van der Waals surface area contributed by atoms with Gasteiger partial charge in [0, 0.05) is 51.0 Å². The molecule has 0 bridgehead atoms. The minimum Gasteiger partial charge on any atom is -0.495 e. The molecule has 2 fully saturated rings. The number of piperidine rings is 1. The zero-order chi connectivity index (χ0) is 22.7. The van der Waals surface area contributed by atoms with Crippen molar-refractivity contribution in [2.45, 2.75) is 25.8 Å². The van der Waals surface area contributed by atoms with E-state index >= 15 is 0 Å². The maximum Gasteiger partial charge on any atom is 0.244 e. The number of carbonyl (C=O) groups excluding carboxylic acids is 1. The van der Waals surface area contributed by atoms with Gasteiger partial charge in [0.2, 0.25) is 5.91 Å². The first-order valence-corrected chi connectivity index (χ1v) is 11.8. The Labute approximate surface area is 199 Å². The fourth-order valence-corrected chi connectivity index (χ4v) is 4.88. The number of halogens is 2. The van der Waals surface area contributed by atoms with Gasteiger partial charge in [0.25, 0.3) is 0 Å². The van der Waals surface area contributed by atoms with Gasteiger partial charge in [0.05, 0.1) is 17.8 Å². The highest BCUT2D eigenvalue weighted by Gasteiger charge is 2.26. The quantitative estimate of drug-likeness (QED) is 0.624. The normalized spacial score (nSPS) is 16.9. The van der Waals surface area contributed by atoms with E-state index in [2.05, 4.69) is 21.5 Å². The van der Waals surface area contributed by atoms with Crippen LogP contribution in [0.25, 0.3) is 6.08 Å². The van der Waals surface area contributed by atoms with Crippen molar-refractivity contribution in [2.24, 2.45) is 0 Å². The summed E-state index contributed by atoms with van der Waals surface area (Å²) < 4.78 is 7.02. The third-order valence-corrected chi connectivity index (χ3v) is 6.86. The van der Waals surface area contributed by atoms with Crippen molar-refractivity contribution in [1.82, 2.24) is 14.7 Å². The highest BCUT2D eigenvalue weighted by atomic mass is 35.5. The number of aromatic nitrogens is 2. The van der Waals surface area contributed by atoms with Gasteiger partial charge >= 0.3 is 0 Å². The lowest BCUT2D eigenvalue weighted by atomic mass is 10.1. The Bertz CT molecular complexity index is 979. The molecule has 2 aromatic rings. The Morgan fingerprint density at radius 2 is 1.81 bits per heavy atom. The van der Waals surface area contributed by atoms with Crippen molar-refractivity contribution < 1.29 is 9.53 Å². The molecule has 2 aliphatic rings. The molecule has 0 radical (unpaired) electrons. The van der Waals surface area contributed by atoms with Crippen LogP contribution in [0.15, 0.2) is 24.8 Å². The van der Waals surface area contributed by atoms with Crippen molar-refractivity contribution in [3.8, 4) is 5.75 Å². The van der Waals surface area contributed by atoms with Crippen LogP contribution in [0, 0.1) is 0 Å². The van der Waals surface area contributed by atoms with Crippen LogP contribution in [0.2, 0.25) is 10.0 Å². The highest BCUT2D eigenvalue weighted by Crippen LogP contribution is 2.32. The second-order valence-corrected chi connectivity index (χ2v) is 8.90. The molecule has 0 atom stereocenters. The Morgan fingerprint density at radius 3 is 2.47 bits per heavy atom. The Balaban J connectivity index is 1.40. The van der Waals surface area contributed by atoms with Crippen LogP contribution >= 0.6 is 23.2 Å². The van der Waals surface area contributed by atoms with Gasteiger partial charge in [-0.2, -0.15) is 5.10 Å². The summed E-state index contributed by atoms with van der Waals surface area (Å²) in [6.07, 6.45) is 5.18. The highest BCUT2D eigenvalue weighted by molar-refractivity contribution is 6.34. The first-order chi connectivity index (χ1) is 15.5. The third kappa shape index (κ3) is 4.69. The van der Waals surface area contributed by atoms with Crippen LogP contribution in [0.4, 0.5) is 11.5 Å². The molecule has 2 saturated heterocycles. The number of hydrogen-bond acceptors (Lipinski definition) is 5. The van der Waals surface area contributed by atoms with E-state index in [-0.39, 0.29) is 12.5 Å². The van der Waals surface area contributed by atoms with Gasteiger partial charge in [-0.05, 0) is 37.5 Å². The molecule has 1 aromatic heterocycles. The maximum atomic E-state index is 13.0. The van der Waals surface area contributed by atoms with Gasteiger partial charge in [0.1, 0.15) is 17.3 Å². The summed E-state index contributed by atoms with van der Waals surface area (Å²) in [5.41, 5.74) is 1.74. The predicted octanol–water partition coefficient (Wildman–Crippen LogP) is 4.18. The maximum absolute atomic E-state index is 13.0. The molecular formula is C23H29Cl2N5O2. The number of amides is 1. The molecule has 7 nitrogen and oxygen atoms in total. The second kappa shape index (κ2) is 10.0. The Hall–Kier alpha value is -2.38. The molecule has 0 unspecified atom stereocenters. The predicted molar refractivity (Wildman–Crippen MR) is 130 cm³/mol. The van der Waals surface area contributed by atoms with Crippen LogP contribution in [-0.4, -0.2) is 67.0 Å². The van der Waals surface area contributed by atoms with E-state index in [0.29, 0.717) is 34.6 Å². The molecule has 32 heavy (non-hydrogen) atoms. The molecule has 172 valence electrons. The first kappa shape index (κ1) is 22.8. The van der Waals surface area contributed by atoms with Gasteiger partial charge in [-0.25, -0.2) is 0 Å². The van der Waals surface area contributed by atoms with Crippen molar-refractivity contribution in [1.29, 1.82) is 0 Å². The van der Waals surface area contributed by atoms with E-state index < -0.39 is 0 Å². The summed E-state index contributed by atoms with van der Waals surface area (Å²) in [5, 5.41) is 5.85. The van der Waals surface area contributed by atoms with E-state index in [0.717, 1.165) is 50.5 Å². The van der Waals surface area contributed by atoms with Gasteiger partial charge in [-0.3, -0.25) is 9.48 Å². The van der Waals surface area contributed by atoms with Crippen LogP contribution in [0.5, 0.6) is 5.75 Å². The van der Waals surface area contributed by atoms with Crippen molar-refractivity contribution in [3.05, 3.63) is 40.5 Å². The molecule has 2 aliphatic heterocycles. The smallest absolute Gasteiger partial charge is 0.244 e. The summed E-state index contributed by atoms with van der Waals surface area (Å²) in [6.45, 7) is 8.68. The lowest BCUT2D eigenvalue weighted by Gasteiger charge is -2.36. The average molecular weight is 478 g/mol. The summed E-state index contributed by atoms with van der Waals surface area (Å²) in [5.74, 6) is 1.45. The van der Waals surface area contributed by atoms with E-state index in [4.69, 9.17) is 27.9 Å². The molecule has 1 aromatic carbocycles. The zero-order valence-corrected chi connectivity index (χ0v) is 19.9. The SMILES string of the molecule is C=Cc1c(Cl)c(N2CCCCC2)nn1CC(=O)N1CCN(c2ccc(Cl)c(OC)c2)CC1. The molecule has 9 heteroatoms. The number of methoxy groups -OCH3 is 1. The Morgan fingerprint density at radius 1 is 1.09 bits per heavy atom. The summed E-state index contributed by atoms with van der Waals surface area (Å²) in [4.78, 5) is 19.4. The van der Waals surface area contributed by atoms with Crippen LogP contribution < -0.4 is 14.5 Å². The molecular weight excluding hydrogens is 449 g/mol. The number of ether oxygens (including phenoxy) is 1. The molecule has 3 heterocycles. The number of rotatable bonds is 6. The standard InChI is InChI=1S/C23H29Cl2N5O2/c1-3-19-22(25)23(29-9-5-4-6-10-29)26-30(19)16-21(31)28-13-11-27(12-14-28)17-7-8-18(24)20(15-17)32-2/h3,7-8,15H,1,4-6,9-14,16H2,2H3. The summed E-state index contributed by atoms with van der Waals surface area (Å²) in [6, 6.07) is 5.75. The van der Waals surface area contributed by atoms with Gasteiger partial charge in [-0.1, -0.05) is 29.8 Å². The van der Waals surface area contributed by atoms with Crippen molar-refractivity contribution >= 4 is 46.7 Å². The molecule has 0 saturated carbocycles. The topological polar surface area (TPSA) is 53.8 Å². The van der Waals surface area contributed by atoms with E-state index in [1.54, 1.807) is 17.9 Å². The van der Waals surface area contributed by atoms with E-state index in [1.807, 2.05) is 23.1 Å². The van der Waals surface area contributed by atoms with E-state index in [1.165, 1.54) is 6.42 Å². The number of nitrogens with zero attached hydrogens (tertiary/aromatic N) is 5. The molecule has 1 amide bonds. The number of anilines is 2. The Kier molecular flexibility index (Phi) is 7.16. The molecule has 4 rings (SSSR count). The minimum atomic E-state index is 0.0331. The monoisotopic (exact) mass is 477 g/mol. The van der Waals surface area contributed by atoms with E-state index in [9.17, 15) is 4.79 Å². The van der Waals surface area contributed by atoms with Gasteiger partial charge in [-0.15, -0.1) is 0 Å². The fraction of sp³-hybridized carbons (Fsp3) is 0.478. The second-order valence-electron chi connectivity index (χ2n) is 8.12. The zero-order valence-electron chi connectivity index (χ0n) is 18.4. The summed E-state index contributed by atoms with van der Waals surface area (Å²) in [7, 11) is 1.61.